The van der Waals surface area contributed by atoms with Gasteiger partial charge in [0.1, 0.15) is 23.4 Å². The van der Waals surface area contributed by atoms with Gasteiger partial charge in [0.15, 0.2) is 11.8 Å². The van der Waals surface area contributed by atoms with Gasteiger partial charge in [0, 0.05) is 36.2 Å². The van der Waals surface area contributed by atoms with Crippen molar-refractivity contribution in [2.24, 2.45) is 5.92 Å². The number of benzene rings is 1. The van der Waals surface area contributed by atoms with Crippen molar-refractivity contribution in [3.63, 3.8) is 0 Å². The Morgan fingerprint density at radius 2 is 2.05 bits per heavy atom. The van der Waals surface area contributed by atoms with E-state index in [1.54, 1.807) is 30.7 Å². The standard InChI is InChI=1S/C25H24F3N7O2/c1-14-4-5-16(34-20(36)10-15-6-8-37-19(9-15)25(26,27)28)11-18(14)35-23-17(3-2-7-29-23)21-22-24(32-12-30-21)33-13-31-22/h2-5,7,11-13,15,19H,6,8-10H2,1H3,(H,29,35)(H,34,36)(H,30,31,32,33)/t15-,19+/m0/s1. The van der Waals surface area contributed by atoms with Crippen LogP contribution in [-0.2, 0) is 9.53 Å². The fraction of sp³-hybridized carbons (Fsp3) is 0.320. The fourth-order valence-corrected chi connectivity index (χ4v) is 4.37. The van der Waals surface area contributed by atoms with Gasteiger partial charge in [0.25, 0.3) is 0 Å². The Kier molecular flexibility index (Phi) is 6.74. The van der Waals surface area contributed by atoms with Gasteiger partial charge in [-0.3, -0.25) is 4.79 Å². The second-order valence-corrected chi connectivity index (χ2v) is 8.92. The molecule has 2 atom stereocenters. The number of hydrogen-bond donors (Lipinski definition) is 3. The monoisotopic (exact) mass is 511 g/mol. The summed E-state index contributed by atoms with van der Waals surface area (Å²) in [5.41, 5.74) is 4.66. The number of fused-ring (bicyclic) bond motifs is 1. The first-order valence-electron chi connectivity index (χ1n) is 11.7. The average molecular weight is 512 g/mol. The molecule has 1 aromatic carbocycles. The molecule has 0 aliphatic carbocycles. The molecule has 3 aromatic heterocycles. The lowest BCUT2D eigenvalue weighted by molar-refractivity contribution is -0.235. The highest BCUT2D eigenvalue weighted by Crippen LogP contribution is 2.35. The Bertz CT molecular complexity index is 1420. The van der Waals surface area contributed by atoms with Crippen molar-refractivity contribution in [3.05, 3.63) is 54.7 Å². The Labute approximate surface area is 209 Å². The minimum atomic E-state index is -4.42. The summed E-state index contributed by atoms with van der Waals surface area (Å²) in [7, 11) is 0. The predicted molar refractivity (Wildman–Crippen MR) is 131 cm³/mol. The molecule has 12 heteroatoms. The average Bonchev–Trinajstić information content (AvgIpc) is 3.35. The van der Waals surface area contributed by atoms with Crippen LogP contribution in [0.5, 0.6) is 0 Å². The van der Waals surface area contributed by atoms with Crippen LogP contribution >= 0.6 is 0 Å². The van der Waals surface area contributed by atoms with E-state index < -0.39 is 18.2 Å². The van der Waals surface area contributed by atoms with Crippen LogP contribution in [0.15, 0.2) is 49.2 Å². The predicted octanol–water partition coefficient (Wildman–Crippen LogP) is 5.15. The number of alkyl halides is 3. The number of aromatic nitrogens is 5. The van der Waals surface area contributed by atoms with Gasteiger partial charge < -0.3 is 20.4 Å². The van der Waals surface area contributed by atoms with Gasteiger partial charge >= 0.3 is 6.18 Å². The molecule has 0 unspecified atom stereocenters. The summed E-state index contributed by atoms with van der Waals surface area (Å²) < 4.78 is 43.9. The molecule has 1 fully saturated rings. The van der Waals surface area contributed by atoms with Gasteiger partial charge in [-0.1, -0.05) is 6.07 Å². The summed E-state index contributed by atoms with van der Waals surface area (Å²) in [5, 5.41) is 6.12. The Morgan fingerprint density at radius 1 is 1.19 bits per heavy atom. The number of amides is 1. The van der Waals surface area contributed by atoms with E-state index in [1.807, 2.05) is 19.1 Å². The largest absolute Gasteiger partial charge is 0.414 e. The molecule has 4 heterocycles. The maximum Gasteiger partial charge on any atom is 0.414 e. The number of H-pyrrole nitrogens is 1. The topological polar surface area (TPSA) is 118 Å². The second-order valence-electron chi connectivity index (χ2n) is 8.92. The van der Waals surface area contributed by atoms with E-state index >= 15 is 0 Å². The maximum atomic E-state index is 13.0. The Morgan fingerprint density at radius 3 is 2.89 bits per heavy atom. The number of aromatic amines is 1. The van der Waals surface area contributed by atoms with Crippen molar-refractivity contribution >= 4 is 34.3 Å². The maximum absolute atomic E-state index is 13.0. The van der Waals surface area contributed by atoms with E-state index in [4.69, 9.17) is 4.74 Å². The summed E-state index contributed by atoms with van der Waals surface area (Å²) in [6, 6.07) is 9.01. The summed E-state index contributed by atoms with van der Waals surface area (Å²) in [6.45, 7) is 1.90. The quantitative estimate of drug-likeness (QED) is 0.328. The minimum Gasteiger partial charge on any atom is -0.369 e. The number of rotatable bonds is 6. The van der Waals surface area contributed by atoms with E-state index in [9.17, 15) is 18.0 Å². The smallest absolute Gasteiger partial charge is 0.369 e. The molecule has 1 saturated heterocycles. The molecule has 0 radical (unpaired) electrons. The highest BCUT2D eigenvalue weighted by molar-refractivity contribution is 5.93. The van der Waals surface area contributed by atoms with Gasteiger partial charge in [0.2, 0.25) is 5.91 Å². The fourth-order valence-electron chi connectivity index (χ4n) is 4.37. The number of imidazole rings is 1. The SMILES string of the molecule is Cc1ccc(NC(=O)C[C@H]2CCO[C@@H](C(F)(F)F)C2)cc1Nc1ncccc1-c1ncnc2[nH]cnc12. The third-order valence-electron chi connectivity index (χ3n) is 6.29. The van der Waals surface area contributed by atoms with E-state index in [2.05, 4.69) is 35.6 Å². The molecule has 4 aromatic rings. The molecule has 1 aliphatic heterocycles. The molecular formula is C25H24F3N7O2. The minimum absolute atomic E-state index is 0.00958. The van der Waals surface area contributed by atoms with Crippen molar-refractivity contribution in [1.29, 1.82) is 0 Å². The number of pyridine rings is 1. The summed E-state index contributed by atoms with van der Waals surface area (Å²) >= 11 is 0. The molecule has 1 aliphatic rings. The molecule has 3 N–H and O–H groups in total. The van der Waals surface area contributed by atoms with Crippen LogP contribution in [0.3, 0.4) is 0 Å². The summed E-state index contributed by atoms with van der Waals surface area (Å²) in [4.78, 5) is 33.0. The number of carbonyl (C=O) groups excluding carboxylic acids is 1. The lowest BCUT2D eigenvalue weighted by Crippen LogP contribution is -2.38. The third-order valence-corrected chi connectivity index (χ3v) is 6.29. The van der Waals surface area contributed by atoms with Gasteiger partial charge in [-0.05, 0) is 55.5 Å². The van der Waals surface area contributed by atoms with Crippen molar-refractivity contribution in [3.8, 4) is 11.3 Å². The van der Waals surface area contributed by atoms with Crippen LogP contribution in [-0.4, -0.2) is 49.7 Å². The number of nitrogens with zero attached hydrogens (tertiary/aromatic N) is 4. The molecule has 0 spiro atoms. The van der Waals surface area contributed by atoms with Gasteiger partial charge in [0.05, 0.1) is 6.33 Å². The zero-order chi connectivity index (χ0) is 26.0. The molecular weight excluding hydrogens is 487 g/mol. The number of carbonyl (C=O) groups is 1. The van der Waals surface area contributed by atoms with E-state index in [1.165, 1.54) is 6.33 Å². The third kappa shape index (κ3) is 5.53. The molecule has 192 valence electrons. The van der Waals surface area contributed by atoms with E-state index in [0.717, 1.165) is 11.1 Å². The van der Waals surface area contributed by atoms with Crippen molar-refractivity contribution in [2.75, 3.05) is 17.2 Å². The van der Waals surface area contributed by atoms with Crippen LogP contribution in [0, 0.1) is 12.8 Å². The van der Waals surface area contributed by atoms with Crippen LogP contribution in [0.25, 0.3) is 22.4 Å². The zero-order valence-corrected chi connectivity index (χ0v) is 19.8. The van der Waals surface area contributed by atoms with Gasteiger partial charge in [-0.25, -0.2) is 19.9 Å². The van der Waals surface area contributed by atoms with Crippen molar-refractivity contribution in [2.45, 2.75) is 38.5 Å². The number of nitrogens with one attached hydrogen (secondary N) is 3. The second kappa shape index (κ2) is 10.1. The Balaban J connectivity index is 1.32. The molecule has 9 nitrogen and oxygen atoms in total. The van der Waals surface area contributed by atoms with Crippen molar-refractivity contribution in [1.82, 2.24) is 24.9 Å². The lowest BCUT2D eigenvalue weighted by Gasteiger charge is -2.30. The Hall–Kier alpha value is -4.06. The van der Waals surface area contributed by atoms with Crippen LogP contribution in [0.4, 0.5) is 30.4 Å². The van der Waals surface area contributed by atoms with Gasteiger partial charge in [-0.15, -0.1) is 0 Å². The first-order chi connectivity index (χ1) is 17.8. The number of anilines is 3. The van der Waals surface area contributed by atoms with Crippen LogP contribution in [0.1, 0.15) is 24.8 Å². The number of halogens is 3. The first kappa shape index (κ1) is 24.6. The van der Waals surface area contributed by atoms with E-state index in [0.29, 0.717) is 40.5 Å². The zero-order valence-electron chi connectivity index (χ0n) is 19.8. The molecule has 0 saturated carbocycles. The number of aryl methyl sites for hydroxylation is 1. The first-order valence-corrected chi connectivity index (χ1v) is 11.7. The number of hydrogen-bond acceptors (Lipinski definition) is 7. The number of ether oxygens (including phenoxy) is 1. The lowest BCUT2D eigenvalue weighted by atomic mass is 9.92. The molecule has 37 heavy (non-hydrogen) atoms. The van der Waals surface area contributed by atoms with E-state index in [-0.39, 0.29) is 25.4 Å². The summed E-state index contributed by atoms with van der Waals surface area (Å²) in [6.07, 6.45) is -1.41. The molecule has 1 amide bonds. The highest BCUT2D eigenvalue weighted by Gasteiger charge is 2.43. The summed E-state index contributed by atoms with van der Waals surface area (Å²) in [5.74, 6) is -0.202. The van der Waals surface area contributed by atoms with Crippen LogP contribution < -0.4 is 10.6 Å². The van der Waals surface area contributed by atoms with Gasteiger partial charge in [-0.2, -0.15) is 13.2 Å². The van der Waals surface area contributed by atoms with Crippen LogP contribution in [0.2, 0.25) is 0 Å². The highest BCUT2D eigenvalue weighted by atomic mass is 19.4. The molecule has 0 bridgehead atoms. The van der Waals surface area contributed by atoms with Crippen molar-refractivity contribution < 1.29 is 22.7 Å². The molecule has 5 rings (SSSR count). The normalized spacial score (nSPS) is 18.1.